The summed E-state index contributed by atoms with van der Waals surface area (Å²) in [6, 6.07) is -0.114. The third-order valence-electron chi connectivity index (χ3n) is 3.01. The first-order valence-corrected chi connectivity index (χ1v) is 6.97. The molecule has 1 amide bonds. The van der Waals surface area contributed by atoms with Crippen LogP contribution in [0.2, 0.25) is 0 Å². The molecule has 0 bridgehead atoms. The van der Waals surface area contributed by atoms with Crippen LogP contribution in [-0.4, -0.2) is 42.7 Å². The molecule has 1 aromatic heterocycles. The molecule has 0 radical (unpaired) electrons. The fourth-order valence-electron chi connectivity index (χ4n) is 2.14. The van der Waals surface area contributed by atoms with E-state index in [4.69, 9.17) is 9.47 Å². The van der Waals surface area contributed by atoms with Gasteiger partial charge in [-0.3, -0.25) is 4.79 Å². The molecule has 0 spiro atoms. The molecule has 1 atom stereocenters. The number of esters is 1. The van der Waals surface area contributed by atoms with Crippen molar-refractivity contribution in [3.63, 3.8) is 0 Å². The second kappa shape index (κ2) is 7.26. The Morgan fingerprint density at radius 1 is 1.24 bits per heavy atom. The summed E-state index contributed by atoms with van der Waals surface area (Å²) in [5.41, 5.74) is 2.03. The maximum absolute atomic E-state index is 12.2. The van der Waals surface area contributed by atoms with E-state index in [9.17, 15) is 9.59 Å². The summed E-state index contributed by atoms with van der Waals surface area (Å²) >= 11 is 0. The number of carbonyl (C=O) groups excluding carboxylic acids is 2. The Kier molecular flexibility index (Phi) is 5.96. The van der Waals surface area contributed by atoms with E-state index in [0.717, 1.165) is 0 Å². The molecular weight excluding hydrogens is 272 g/mol. The lowest BCUT2D eigenvalue weighted by Gasteiger charge is -2.12. The van der Waals surface area contributed by atoms with Gasteiger partial charge in [0, 0.05) is 18.8 Å². The first-order chi connectivity index (χ1) is 9.77. The van der Waals surface area contributed by atoms with E-state index in [2.05, 4.69) is 10.3 Å². The molecule has 1 heterocycles. The number of amides is 1. The average molecular weight is 296 g/mol. The van der Waals surface area contributed by atoms with Gasteiger partial charge in [0.05, 0.1) is 18.3 Å². The Labute approximate surface area is 125 Å². The summed E-state index contributed by atoms with van der Waals surface area (Å²) < 4.78 is 10.2. The van der Waals surface area contributed by atoms with Gasteiger partial charge in [0.1, 0.15) is 5.69 Å². The van der Waals surface area contributed by atoms with Crippen molar-refractivity contribution in [2.24, 2.45) is 0 Å². The molecule has 0 aromatic carbocycles. The number of aromatic amines is 1. The van der Waals surface area contributed by atoms with Crippen LogP contribution in [0, 0.1) is 13.8 Å². The van der Waals surface area contributed by atoms with Gasteiger partial charge in [-0.1, -0.05) is 0 Å². The molecule has 6 nitrogen and oxygen atoms in total. The average Bonchev–Trinajstić information content (AvgIpc) is 2.64. The van der Waals surface area contributed by atoms with Gasteiger partial charge in [0.25, 0.3) is 5.91 Å². The van der Waals surface area contributed by atoms with E-state index in [1.165, 1.54) is 0 Å². The second-order valence-corrected chi connectivity index (χ2v) is 5.41. The molecule has 0 aliphatic rings. The molecule has 0 saturated carbocycles. The summed E-state index contributed by atoms with van der Waals surface area (Å²) in [4.78, 5) is 27.2. The van der Waals surface area contributed by atoms with Crippen LogP contribution < -0.4 is 5.32 Å². The fourth-order valence-corrected chi connectivity index (χ4v) is 2.14. The van der Waals surface area contributed by atoms with Gasteiger partial charge in [-0.05, 0) is 40.2 Å². The SMILES string of the molecule is COCC(C)NC(=O)c1[nH]c(C)c(C(=O)OC(C)C)c1C. The Balaban J connectivity index is 2.96. The van der Waals surface area contributed by atoms with Gasteiger partial charge in [-0.2, -0.15) is 0 Å². The highest BCUT2D eigenvalue weighted by Crippen LogP contribution is 2.19. The summed E-state index contributed by atoms with van der Waals surface area (Å²) in [5, 5.41) is 2.81. The highest BCUT2D eigenvalue weighted by Gasteiger charge is 2.24. The Bertz CT molecular complexity index is 520. The zero-order valence-electron chi connectivity index (χ0n) is 13.5. The van der Waals surface area contributed by atoms with Crippen molar-refractivity contribution in [2.75, 3.05) is 13.7 Å². The van der Waals surface area contributed by atoms with Crippen LogP contribution in [0.3, 0.4) is 0 Å². The molecule has 1 unspecified atom stereocenters. The zero-order chi connectivity index (χ0) is 16.2. The predicted octanol–water partition coefficient (Wildman–Crippen LogP) is 1.96. The zero-order valence-corrected chi connectivity index (χ0v) is 13.5. The number of nitrogens with one attached hydrogen (secondary N) is 2. The lowest BCUT2D eigenvalue weighted by Crippen LogP contribution is -2.36. The van der Waals surface area contributed by atoms with Crippen molar-refractivity contribution in [1.82, 2.24) is 10.3 Å². The van der Waals surface area contributed by atoms with Crippen molar-refractivity contribution in [3.05, 3.63) is 22.5 Å². The van der Waals surface area contributed by atoms with E-state index in [1.54, 1.807) is 34.8 Å². The van der Waals surface area contributed by atoms with E-state index >= 15 is 0 Å². The number of aromatic nitrogens is 1. The molecule has 6 heteroatoms. The maximum atomic E-state index is 12.2. The molecule has 2 N–H and O–H groups in total. The molecule has 0 saturated heterocycles. The Morgan fingerprint density at radius 2 is 1.86 bits per heavy atom. The van der Waals surface area contributed by atoms with Crippen LogP contribution in [0.1, 0.15) is 52.9 Å². The highest BCUT2D eigenvalue weighted by molar-refractivity contribution is 6.00. The lowest BCUT2D eigenvalue weighted by molar-refractivity contribution is 0.0376. The van der Waals surface area contributed by atoms with Crippen LogP contribution >= 0.6 is 0 Å². The number of hydrogen-bond donors (Lipinski definition) is 2. The minimum Gasteiger partial charge on any atom is -0.459 e. The molecule has 0 fully saturated rings. The van der Waals surface area contributed by atoms with E-state index in [0.29, 0.717) is 29.1 Å². The second-order valence-electron chi connectivity index (χ2n) is 5.41. The molecular formula is C15H24N2O4. The van der Waals surface area contributed by atoms with E-state index < -0.39 is 5.97 Å². The predicted molar refractivity (Wildman–Crippen MR) is 79.6 cm³/mol. The third kappa shape index (κ3) is 4.32. The largest absolute Gasteiger partial charge is 0.459 e. The van der Waals surface area contributed by atoms with Gasteiger partial charge in [-0.15, -0.1) is 0 Å². The van der Waals surface area contributed by atoms with Crippen LogP contribution in [0.25, 0.3) is 0 Å². The number of H-pyrrole nitrogens is 1. The van der Waals surface area contributed by atoms with Gasteiger partial charge < -0.3 is 19.8 Å². The van der Waals surface area contributed by atoms with Gasteiger partial charge >= 0.3 is 5.97 Å². The van der Waals surface area contributed by atoms with E-state index in [-0.39, 0.29) is 18.1 Å². The van der Waals surface area contributed by atoms with Crippen LogP contribution in [0.5, 0.6) is 0 Å². The first-order valence-electron chi connectivity index (χ1n) is 6.97. The minimum atomic E-state index is -0.416. The van der Waals surface area contributed by atoms with Crippen LogP contribution in [-0.2, 0) is 9.47 Å². The Morgan fingerprint density at radius 3 is 2.38 bits per heavy atom. The van der Waals surface area contributed by atoms with Crippen molar-refractivity contribution in [3.8, 4) is 0 Å². The van der Waals surface area contributed by atoms with Crippen molar-refractivity contribution >= 4 is 11.9 Å². The summed E-state index contributed by atoms with van der Waals surface area (Å²) in [6.07, 6.45) is -0.204. The normalized spacial score (nSPS) is 12.3. The molecule has 1 rings (SSSR count). The van der Waals surface area contributed by atoms with Crippen molar-refractivity contribution in [1.29, 1.82) is 0 Å². The third-order valence-corrected chi connectivity index (χ3v) is 3.01. The maximum Gasteiger partial charge on any atom is 0.340 e. The topological polar surface area (TPSA) is 80.4 Å². The van der Waals surface area contributed by atoms with E-state index in [1.807, 2.05) is 6.92 Å². The molecule has 118 valence electrons. The van der Waals surface area contributed by atoms with Gasteiger partial charge in [0.15, 0.2) is 0 Å². The smallest absolute Gasteiger partial charge is 0.340 e. The number of rotatable bonds is 6. The fraction of sp³-hybridized carbons (Fsp3) is 0.600. The number of ether oxygens (including phenoxy) is 2. The number of carbonyl (C=O) groups is 2. The molecule has 0 aliphatic heterocycles. The molecule has 0 aliphatic carbocycles. The number of hydrogen-bond acceptors (Lipinski definition) is 4. The van der Waals surface area contributed by atoms with Crippen molar-refractivity contribution in [2.45, 2.75) is 46.8 Å². The molecule has 1 aromatic rings. The standard InChI is InChI=1S/C15H24N2O4/c1-8(2)21-15(19)12-10(4)13(17-11(12)5)14(18)16-9(3)7-20-6/h8-9,17H,7H2,1-6H3,(H,16,18). The lowest BCUT2D eigenvalue weighted by atomic mass is 10.1. The summed E-state index contributed by atoms with van der Waals surface area (Å²) in [5.74, 6) is -0.677. The summed E-state index contributed by atoms with van der Waals surface area (Å²) in [7, 11) is 1.58. The van der Waals surface area contributed by atoms with Gasteiger partial charge in [-0.25, -0.2) is 4.79 Å². The molecule has 21 heavy (non-hydrogen) atoms. The Hall–Kier alpha value is -1.82. The number of methoxy groups -OCH3 is 1. The minimum absolute atomic E-state index is 0.114. The first kappa shape index (κ1) is 17.2. The summed E-state index contributed by atoms with van der Waals surface area (Å²) in [6.45, 7) is 9.33. The number of aryl methyl sites for hydroxylation is 1. The quantitative estimate of drug-likeness (QED) is 0.786. The van der Waals surface area contributed by atoms with Crippen LogP contribution in [0.15, 0.2) is 0 Å². The highest BCUT2D eigenvalue weighted by atomic mass is 16.5. The monoisotopic (exact) mass is 296 g/mol. The van der Waals surface area contributed by atoms with Gasteiger partial charge in [0.2, 0.25) is 0 Å². The van der Waals surface area contributed by atoms with Crippen LogP contribution in [0.4, 0.5) is 0 Å². The van der Waals surface area contributed by atoms with Crippen molar-refractivity contribution < 1.29 is 19.1 Å².